The Morgan fingerprint density at radius 3 is 2.58 bits per heavy atom. The van der Waals surface area contributed by atoms with Crippen molar-refractivity contribution in [2.45, 2.75) is 19.9 Å². The highest BCUT2D eigenvalue weighted by atomic mass is 16.1. The average molecular weight is 346 g/mol. The molecule has 0 saturated carbocycles. The van der Waals surface area contributed by atoms with E-state index in [9.17, 15) is 4.79 Å². The third-order valence-electron chi connectivity index (χ3n) is 3.53. The van der Waals surface area contributed by atoms with E-state index in [1.165, 1.54) is 0 Å². The number of nitrogens with two attached hydrogens (primary N) is 1. The van der Waals surface area contributed by atoms with Gasteiger partial charge in [0.25, 0.3) is 5.91 Å². The Morgan fingerprint density at radius 1 is 1.15 bits per heavy atom. The van der Waals surface area contributed by atoms with Crippen molar-refractivity contribution < 1.29 is 4.79 Å². The van der Waals surface area contributed by atoms with E-state index in [-0.39, 0.29) is 17.9 Å². The number of rotatable bonds is 3. The highest BCUT2D eigenvalue weighted by molar-refractivity contribution is 6.03. The summed E-state index contributed by atoms with van der Waals surface area (Å²) < 4.78 is 1.78. The summed E-state index contributed by atoms with van der Waals surface area (Å²) in [4.78, 5) is 20.2. The van der Waals surface area contributed by atoms with Crippen molar-refractivity contribution in [1.82, 2.24) is 19.7 Å². The normalized spacial score (nSPS) is 10.3. The lowest BCUT2D eigenvalue weighted by atomic mass is 10.1. The van der Waals surface area contributed by atoms with Gasteiger partial charge < -0.3 is 11.1 Å². The van der Waals surface area contributed by atoms with Gasteiger partial charge in [-0.3, -0.25) is 9.48 Å². The molecule has 1 amide bonds. The van der Waals surface area contributed by atoms with Crippen molar-refractivity contribution >= 4 is 17.7 Å². The quantitative estimate of drug-likeness (QED) is 0.710. The lowest BCUT2D eigenvalue weighted by Crippen LogP contribution is -2.13. The first-order valence-corrected chi connectivity index (χ1v) is 8.07. The molecular weight excluding hydrogens is 328 g/mol. The minimum atomic E-state index is -0.238. The van der Waals surface area contributed by atoms with Gasteiger partial charge in [-0.15, -0.1) is 0 Å². The second-order valence-electron chi connectivity index (χ2n) is 5.89. The number of hydrogen-bond acceptors (Lipinski definition) is 5. The van der Waals surface area contributed by atoms with Crippen LogP contribution in [0.2, 0.25) is 0 Å². The van der Waals surface area contributed by atoms with Crippen LogP contribution in [0.3, 0.4) is 0 Å². The zero-order valence-electron chi connectivity index (χ0n) is 14.5. The van der Waals surface area contributed by atoms with Crippen LogP contribution in [0.15, 0.2) is 48.9 Å². The van der Waals surface area contributed by atoms with E-state index in [1.807, 2.05) is 26.1 Å². The van der Waals surface area contributed by atoms with Crippen molar-refractivity contribution in [3.8, 4) is 11.8 Å². The topological polar surface area (TPSA) is 98.7 Å². The Hall–Kier alpha value is -3.66. The molecule has 26 heavy (non-hydrogen) atoms. The fourth-order valence-corrected chi connectivity index (χ4v) is 2.17. The van der Waals surface area contributed by atoms with E-state index >= 15 is 0 Å². The van der Waals surface area contributed by atoms with Gasteiger partial charge in [-0.2, -0.15) is 5.10 Å². The third kappa shape index (κ3) is 4.24. The molecule has 7 heteroatoms. The number of nitrogens with zero attached hydrogens (tertiary/aromatic N) is 4. The Labute approximate surface area is 151 Å². The van der Waals surface area contributed by atoms with Crippen LogP contribution in [0.5, 0.6) is 0 Å². The molecule has 0 aliphatic carbocycles. The minimum Gasteiger partial charge on any atom is -0.368 e. The van der Waals surface area contributed by atoms with Gasteiger partial charge in [0.05, 0.1) is 5.56 Å². The van der Waals surface area contributed by atoms with Crippen molar-refractivity contribution in [2.75, 3.05) is 11.1 Å². The summed E-state index contributed by atoms with van der Waals surface area (Å²) in [6.45, 7) is 4.04. The number of nitrogen functional groups attached to an aromatic ring is 1. The van der Waals surface area contributed by atoms with Crippen LogP contribution < -0.4 is 11.1 Å². The van der Waals surface area contributed by atoms with Crippen LogP contribution in [0.4, 0.5) is 11.8 Å². The highest BCUT2D eigenvalue weighted by Gasteiger charge is 2.09. The number of anilines is 2. The first kappa shape index (κ1) is 17.2. The maximum absolute atomic E-state index is 12.4. The Morgan fingerprint density at radius 2 is 1.88 bits per heavy atom. The van der Waals surface area contributed by atoms with Crippen LogP contribution >= 0.6 is 0 Å². The maximum atomic E-state index is 12.4. The molecule has 0 bridgehead atoms. The van der Waals surface area contributed by atoms with Crippen LogP contribution in [0.1, 0.15) is 41.4 Å². The molecule has 3 aromatic rings. The zero-order valence-corrected chi connectivity index (χ0v) is 14.5. The lowest BCUT2D eigenvalue weighted by Gasteiger charge is -2.05. The predicted octanol–water partition coefficient (Wildman–Crippen LogP) is 2.49. The summed E-state index contributed by atoms with van der Waals surface area (Å²) >= 11 is 0. The summed E-state index contributed by atoms with van der Waals surface area (Å²) in [5.41, 5.74) is 7.31. The van der Waals surface area contributed by atoms with Crippen molar-refractivity contribution in [3.63, 3.8) is 0 Å². The first-order valence-electron chi connectivity index (χ1n) is 8.07. The van der Waals surface area contributed by atoms with Gasteiger partial charge >= 0.3 is 0 Å². The third-order valence-corrected chi connectivity index (χ3v) is 3.53. The van der Waals surface area contributed by atoms with Crippen LogP contribution in [0, 0.1) is 11.8 Å². The van der Waals surface area contributed by atoms with E-state index in [4.69, 9.17) is 5.73 Å². The van der Waals surface area contributed by atoms with Crippen molar-refractivity contribution in [1.29, 1.82) is 0 Å². The molecule has 2 heterocycles. The number of nitrogens with one attached hydrogen (secondary N) is 1. The zero-order chi connectivity index (χ0) is 18.5. The van der Waals surface area contributed by atoms with E-state index in [1.54, 1.807) is 41.3 Å². The molecule has 1 aromatic carbocycles. The van der Waals surface area contributed by atoms with Crippen LogP contribution in [-0.2, 0) is 0 Å². The molecule has 0 radical (unpaired) electrons. The maximum Gasteiger partial charge on any atom is 0.256 e. The molecule has 0 unspecified atom stereocenters. The molecule has 7 nitrogen and oxygen atoms in total. The fraction of sp³-hybridized carbons (Fsp3) is 0.158. The summed E-state index contributed by atoms with van der Waals surface area (Å²) in [6, 6.07) is 9.06. The van der Waals surface area contributed by atoms with Gasteiger partial charge in [-0.1, -0.05) is 17.9 Å². The monoisotopic (exact) mass is 346 g/mol. The molecule has 0 atom stereocenters. The number of carbonyl (C=O) groups is 1. The van der Waals surface area contributed by atoms with Gasteiger partial charge in [0.15, 0.2) is 5.82 Å². The number of hydrogen-bond donors (Lipinski definition) is 2. The molecule has 3 N–H and O–H groups in total. The van der Waals surface area contributed by atoms with E-state index in [0.717, 1.165) is 0 Å². The molecule has 0 spiro atoms. The molecule has 3 rings (SSSR count). The Bertz CT molecular complexity index is 979. The molecule has 0 saturated heterocycles. The number of amides is 1. The molecule has 0 aliphatic heterocycles. The van der Waals surface area contributed by atoms with Gasteiger partial charge in [0, 0.05) is 41.8 Å². The number of benzene rings is 1. The standard InChI is InChI=1S/C19H18N6O/c1-13(2)25-9-8-17(24-25)23-18(26)16-5-3-4-14(10-16)6-7-15-11-21-19(20)22-12-15/h3-5,8-13H,1-2H3,(H2,20,21,22)(H,23,24,26). The number of aromatic nitrogens is 4. The van der Waals surface area contributed by atoms with Gasteiger partial charge in [-0.05, 0) is 32.0 Å². The summed E-state index contributed by atoms with van der Waals surface area (Å²) in [6.07, 6.45) is 4.94. The van der Waals surface area contributed by atoms with Gasteiger partial charge in [0.1, 0.15) is 0 Å². The summed E-state index contributed by atoms with van der Waals surface area (Å²) in [7, 11) is 0. The highest BCUT2D eigenvalue weighted by Crippen LogP contribution is 2.11. The van der Waals surface area contributed by atoms with Crippen molar-refractivity contribution in [2.24, 2.45) is 0 Å². The SMILES string of the molecule is CC(C)n1ccc(NC(=O)c2cccc(C#Cc3cnc(N)nc3)c2)n1. The van der Waals surface area contributed by atoms with Crippen LogP contribution in [0.25, 0.3) is 0 Å². The second-order valence-corrected chi connectivity index (χ2v) is 5.89. The Balaban J connectivity index is 1.74. The number of carbonyl (C=O) groups excluding carboxylic acids is 1. The average Bonchev–Trinajstić information content (AvgIpc) is 3.10. The minimum absolute atomic E-state index is 0.203. The fourth-order valence-electron chi connectivity index (χ4n) is 2.17. The molecular formula is C19H18N6O. The van der Waals surface area contributed by atoms with E-state index in [2.05, 4.69) is 32.2 Å². The first-order chi connectivity index (χ1) is 12.5. The second kappa shape index (κ2) is 7.49. The van der Waals surface area contributed by atoms with Crippen LogP contribution in [-0.4, -0.2) is 25.7 Å². The van der Waals surface area contributed by atoms with Gasteiger partial charge in [0.2, 0.25) is 5.95 Å². The van der Waals surface area contributed by atoms with Crippen molar-refractivity contribution in [3.05, 3.63) is 65.6 Å². The Kier molecular flexibility index (Phi) is 4.94. The largest absolute Gasteiger partial charge is 0.368 e. The molecule has 0 fully saturated rings. The van der Waals surface area contributed by atoms with E-state index in [0.29, 0.717) is 22.5 Å². The van der Waals surface area contributed by atoms with E-state index < -0.39 is 0 Å². The molecule has 2 aromatic heterocycles. The lowest BCUT2D eigenvalue weighted by molar-refractivity contribution is 0.102. The molecule has 130 valence electrons. The smallest absolute Gasteiger partial charge is 0.256 e. The predicted molar refractivity (Wildman–Crippen MR) is 99.4 cm³/mol. The summed E-state index contributed by atoms with van der Waals surface area (Å²) in [5.74, 6) is 6.41. The molecule has 0 aliphatic rings. The summed E-state index contributed by atoms with van der Waals surface area (Å²) in [5, 5.41) is 7.10. The van der Waals surface area contributed by atoms with Gasteiger partial charge in [-0.25, -0.2) is 9.97 Å².